The molecule has 2 nitrogen and oxygen atoms in total. The number of aromatic nitrogens is 1. The highest BCUT2D eigenvalue weighted by molar-refractivity contribution is 6.57. The van der Waals surface area contributed by atoms with Crippen LogP contribution in [-0.2, 0) is 0 Å². The van der Waals surface area contributed by atoms with Crippen LogP contribution in [0.15, 0.2) is 60.4 Å². The van der Waals surface area contributed by atoms with Crippen molar-refractivity contribution in [3.63, 3.8) is 0 Å². The first kappa shape index (κ1) is 12.6. The molecular weight excluding hydrogens is 292 g/mol. The number of benzene rings is 1. The summed E-state index contributed by atoms with van der Waals surface area (Å²) in [5, 5.41) is 0.582. The van der Waals surface area contributed by atoms with Gasteiger partial charge >= 0.3 is 6.97 Å². The van der Waals surface area contributed by atoms with E-state index in [1.54, 1.807) is 36.4 Å². The van der Waals surface area contributed by atoms with Crippen LogP contribution < -0.4 is 0 Å². The molecule has 21 heavy (non-hydrogen) atoms. The maximum Gasteiger partial charge on any atom is 0.737 e. The van der Waals surface area contributed by atoms with E-state index in [1.165, 1.54) is 12.4 Å². The quantitative estimate of drug-likeness (QED) is 0.708. The summed E-state index contributed by atoms with van der Waals surface area (Å²) in [7, 11) is 0. The topological polar surface area (TPSA) is 7.94 Å². The van der Waals surface area contributed by atoms with Crippen molar-refractivity contribution in [2.45, 2.75) is 0 Å². The summed E-state index contributed by atoms with van der Waals surface area (Å²) in [6, 6.07) is 10.6. The lowest BCUT2D eigenvalue weighted by Gasteiger charge is -2.30. The molecule has 0 unspecified atom stereocenters. The second-order valence-corrected chi connectivity index (χ2v) is 5.51. The van der Waals surface area contributed by atoms with Gasteiger partial charge in [0.1, 0.15) is 6.21 Å². The zero-order valence-corrected chi connectivity index (χ0v) is 11.6. The molecule has 4 rings (SSSR count). The van der Waals surface area contributed by atoms with Crippen molar-refractivity contribution >= 4 is 30.4 Å². The second-order valence-electron chi connectivity index (χ2n) is 5.08. The fraction of sp³-hybridized carbons (Fsp3) is 0. The standard InChI is InChI=1S/C15H10BClF2N2/c17-12-5-1-4-11(10-12)15-13-6-2-8-20(13)16(18,19)21-9-3-7-14(15)21/h1-10H. The minimum absolute atomic E-state index is 0.508. The van der Waals surface area contributed by atoms with E-state index in [2.05, 4.69) is 0 Å². The van der Waals surface area contributed by atoms with Crippen LogP contribution in [0.4, 0.5) is 8.63 Å². The molecule has 6 heteroatoms. The summed E-state index contributed by atoms with van der Waals surface area (Å²) >= 11 is 6.05. The van der Waals surface area contributed by atoms with Gasteiger partial charge in [-0.05, 0) is 36.0 Å². The lowest BCUT2D eigenvalue weighted by molar-refractivity contribution is -0.356. The summed E-state index contributed by atoms with van der Waals surface area (Å²) in [4.78, 5) is 0. The highest BCUT2D eigenvalue weighted by atomic mass is 35.5. The molecule has 3 heterocycles. The van der Waals surface area contributed by atoms with E-state index in [-0.39, 0.29) is 0 Å². The molecule has 0 atom stereocenters. The molecule has 0 saturated carbocycles. The Labute approximate surface area is 125 Å². The predicted molar refractivity (Wildman–Crippen MR) is 80.7 cm³/mol. The Bertz CT molecular complexity index is 849. The highest BCUT2D eigenvalue weighted by Gasteiger charge is 2.51. The average molecular weight is 303 g/mol. The van der Waals surface area contributed by atoms with Crippen molar-refractivity contribution in [3.05, 3.63) is 76.7 Å². The van der Waals surface area contributed by atoms with Crippen molar-refractivity contribution in [2.24, 2.45) is 0 Å². The number of nitrogens with zero attached hydrogens (tertiary/aromatic N) is 2. The van der Waals surface area contributed by atoms with Crippen LogP contribution in [0.3, 0.4) is 0 Å². The SMILES string of the molecule is F[B-]1(F)n2cccc2C(c2cccc(Cl)c2)=C2C=CC=[N+]21. The molecule has 0 bridgehead atoms. The van der Waals surface area contributed by atoms with Gasteiger partial charge in [0.15, 0.2) is 5.70 Å². The van der Waals surface area contributed by atoms with Crippen LogP contribution in [0, 0.1) is 0 Å². The number of rotatable bonds is 1. The van der Waals surface area contributed by atoms with Crippen LogP contribution in [0.2, 0.25) is 5.02 Å². The van der Waals surface area contributed by atoms with Crippen LogP contribution in [0.1, 0.15) is 11.3 Å². The smallest absolute Gasteiger partial charge is 0.396 e. The van der Waals surface area contributed by atoms with E-state index >= 15 is 0 Å². The minimum Gasteiger partial charge on any atom is -0.396 e. The number of fused-ring (bicyclic) bond motifs is 2. The molecule has 0 saturated heterocycles. The van der Waals surface area contributed by atoms with Gasteiger partial charge < -0.3 is 17.6 Å². The highest BCUT2D eigenvalue weighted by Crippen LogP contribution is 2.38. The van der Waals surface area contributed by atoms with Gasteiger partial charge in [-0.1, -0.05) is 23.7 Å². The van der Waals surface area contributed by atoms with Crippen LogP contribution >= 0.6 is 11.6 Å². The number of allylic oxidation sites excluding steroid dienone is 2. The van der Waals surface area contributed by atoms with Crippen LogP contribution in [-0.4, -0.2) is 22.1 Å². The average Bonchev–Trinajstić information content (AvgIpc) is 3.08. The summed E-state index contributed by atoms with van der Waals surface area (Å²) in [6.07, 6.45) is 6.19. The van der Waals surface area contributed by atoms with E-state index in [0.717, 1.165) is 20.1 Å². The summed E-state index contributed by atoms with van der Waals surface area (Å²) in [6.45, 7) is -3.84. The first-order valence-electron chi connectivity index (χ1n) is 6.59. The van der Waals surface area contributed by atoms with Crippen molar-refractivity contribution in [2.75, 3.05) is 0 Å². The molecule has 0 spiro atoms. The Morgan fingerprint density at radius 1 is 1.14 bits per heavy atom. The molecule has 0 fully saturated rings. The predicted octanol–water partition coefficient (Wildman–Crippen LogP) is 3.79. The number of hydrogen-bond donors (Lipinski definition) is 0. The maximum absolute atomic E-state index is 14.6. The van der Waals surface area contributed by atoms with Crippen molar-refractivity contribution in [1.82, 2.24) is 4.48 Å². The molecule has 2 aliphatic heterocycles. The van der Waals surface area contributed by atoms with E-state index in [9.17, 15) is 8.63 Å². The fourth-order valence-electron chi connectivity index (χ4n) is 2.96. The third-order valence-electron chi connectivity index (χ3n) is 3.85. The minimum atomic E-state index is -3.84. The third kappa shape index (κ3) is 1.67. The first-order valence-corrected chi connectivity index (χ1v) is 6.97. The number of hydrogen-bond acceptors (Lipinski definition) is 0. The largest absolute Gasteiger partial charge is 0.737 e. The molecular formula is C15H10BClF2N2. The lowest BCUT2D eigenvalue weighted by atomic mass is 9.86. The Kier molecular flexibility index (Phi) is 2.51. The Balaban J connectivity index is 2.06. The maximum atomic E-state index is 14.6. The summed E-state index contributed by atoms with van der Waals surface area (Å²) < 4.78 is 31.2. The van der Waals surface area contributed by atoms with Gasteiger partial charge in [0, 0.05) is 22.9 Å². The first-order chi connectivity index (χ1) is 10.1. The zero-order valence-electron chi connectivity index (χ0n) is 10.9. The molecule has 0 aliphatic carbocycles. The zero-order chi connectivity index (χ0) is 14.6. The Morgan fingerprint density at radius 2 is 2.00 bits per heavy atom. The summed E-state index contributed by atoms with van der Waals surface area (Å²) in [5.74, 6) is 0. The molecule has 2 aromatic rings. The van der Waals surface area contributed by atoms with E-state index in [1.807, 2.05) is 12.1 Å². The van der Waals surface area contributed by atoms with Gasteiger partial charge in [-0.25, -0.2) is 0 Å². The second kappa shape index (κ2) is 4.18. The van der Waals surface area contributed by atoms with E-state index in [0.29, 0.717) is 16.4 Å². The molecule has 1 aromatic heterocycles. The van der Waals surface area contributed by atoms with Crippen LogP contribution in [0.25, 0.3) is 5.57 Å². The number of halogens is 3. The summed E-state index contributed by atoms with van der Waals surface area (Å²) in [5.41, 5.74) is 2.61. The normalized spacial score (nSPS) is 18.5. The van der Waals surface area contributed by atoms with Crippen molar-refractivity contribution in [1.29, 1.82) is 0 Å². The third-order valence-corrected chi connectivity index (χ3v) is 4.09. The van der Waals surface area contributed by atoms with E-state index < -0.39 is 6.97 Å². The molecule has 104 valence electrons. The Morgan fingerprint density at radius 3 is 2.81 bits per heavy atom. The molecule has 0 amide bonds. The fourth-order valence-corrected chi connectivity index (χ4v) is 3.15. The van der Waals surface area contributed by atoms with Crippen LogP contribution in [0.5, 0.6) is 0 Å². The molecule has 0 radical (unpaired) electrons. The lowest BCUT2D eigenvalue weighted by Crippen LogP contribution is -2.49. The van der Waals surface area contributed by atoms with E-state index in [4.69, 9.17) is 11.6 Å². The Hall–Kier alpha value is -2.14. The molecule has 1 aromatic carbocycles. The van der Waals surface area contributed by atoms with Gasteiger partial charge in [0.25, 0.3) is 0 Å². The van der Waals surface area contributed by atoms with Gasteiger partial charge in [-0.15, -0.1) is 0 Å². The van der Waals surface area contributed by atoms with Gasteiger partial charge in [0.05, 0.1) is 5.57 Å². The molecule has 2 aliphatic rings. The van der Waals surface area contributed by atoms with Gasteiger partial charge in [-0.3, -0.25) is 0 Å². The monoisotopic (exact) mass is 302 g/mol. The van der Waals surface area contributed by atoms with Crippen molar-refractivity contribution in [3.8, 4) is 0 Å². The van der Waals surface area contributed by atoms with Crippen molar-refractivity contribution < 1.29 is 13.1 Å². The molecule has 0 N–H and O–H groups in total. The van der Waals surface area contributed by atoms with Gasteiger partial charge in [0.2, 0.25) is 0 Å². The van der Waals surface area contributed by atoms with Gasteiger partial charge in [-0.2, -0.15) is 0 Å².